The lowest BCUT2D eigenvalue weighted by atomic mass is 10.3. The molecule has 0 radical (unpaired) electrons. The van der Waals surface area contributed by atoms with Gasteiger partial charge in [-0.2, -0.15) is 13.2 Å². The lowest BCUT2D eigenvalue weighted by molar-refractivity contribution is -0.132. The fourth-order valence-corrected chi connectivity index (χ4v) is 1.67. The minimum atomic E-state index is -4.20. The van der Waals surface area contributed by atoms with Crippen molar-refractivity contribution < 1.29 is 22.6 Å². The monoisotopic (exact) mass is 461 g/mol. The van der Waals surface area contributed by atoms with Crippen LogP contribution in [0.3, 0.4) is 0 Å². The number of ether oxygens (including phenoxy) is 2. The highest BCUT2D eigenvalue weighted by molar-refractivity contribution is 14.0. The Bertz CT molecular complexity index is 499. The summed E-state index contributed by atoms with van der Waals surface area (Å²) in [4.78, 5) is 3.87. The maximum atomic E-state index is 12.1. The molecule has 0 spiro atoms. The Labute approximate surface area is 157 Å². The molecule has 9 heteroatoms. The van der Waals surface area contributed by atoms with Gasteiger partial charge in [-0.3, -0.25) is 4.99 Å². The molecule has 0 atom stereocenters. The van der Waals surface area contributed by atoms with E-state index in [2.05, 4.69) is 15.6 Å². The van der Waals surface area contributed by atoms with Crippen LogP contribution in [0.5, 0.6) is 11.5 Å². The third kappa shape index (κ3) is 10.4. The van der Waals surface area contributed by atoms with Crippen molar-refractivity contribution >= 4 is 29.9 Å². The van der Waals surface area contributed by atoms with Gasteiger partial charge in [0.1, 0.15) is 18.1 Å². The Kier molecular flexibility index (Phi) is 11.3. The summed E-state index contributed by atoms with van der Waals surface area (Å²) in [5, 5.41) is 5.80. The number of nitrogens with one attached hydrogen (secondary N) is 2. The number of alkyl halides is 3. The zero-order valence-corrected chi connectivity index (χ0v) is 16.0. The van der Waals surface area contributed by atoms with Crippen molar-refractivity contribution in [1.82, 2.24) is 10.6 Å². The third-order valence-electron chi connectivity index (χ3n) is 2.71. The number of halogens is 4. The van der Waals surface area contributed by atoms with Crippen LogP contribution in [-0.4, -0.2) is 45.5 Å². The summed E-state index contributed by atoms with van der Waals surface area (Å²) in [6, 6.07) is 7.17. The van der Waals surface area contributed by atoms with Crippen molar-refractivity contribution in [2.45, 2.75) is 19.5 Å². The molecule has 24 heavy (non-hydrogen) atoms. The standard InChI is InChI=1S/C15H22F3N3O2.HI/c1-3-19-14(20-8-7-15(16,17)18)21-9-10-23-13-6-4-5-12(11-13)22-2;/h4-6,11H,3,7-10H2,1-2H3,(H2,19,20,21);1H. The molecule has 0 fully saturated rings. The molecule has 138 valence electrons. The van der Waals surface area contributed by atoms with Gasteiger partial charge in [-0.1, -0.05) is 6.07 Å². The van der Waals surface area contributed by atoms with E-state index in [4.69, 9.17) is 9.47 Å². The van der Waals surface area contributed by atoms with E-state index in [0.29, 0.717) is 37.2 Å². The molecule has 5 nitrogen and oxygen atoms in total. The van der Waals surface area contributed by atoms with E-state index in [0.717, 1.165) is 0 Å². The molecule has 0 amide bonds. The highest BCUT2D eigenvalue weighted by atomic mass is 127. The van der Waals surface area contributed by atoms with Crippen LogP contribution in [0.2, 0.25) is 0 Å². The summed E-state index contributed by atoms with van der Waals surface area (Å²) in [5.41, 5.74) is 0. The molecule has 0 unspecified atom stereocenters. The summed E-state index contributed by atoms with van der Waals surface area (Å²) in [7, 11) is 1.57. The van der Waals surface area contributed by atoms with E-state index in [1.165, 1.54) is 0 Å². The quantitative estimate of drug-likeness (QED) is 0.270. The van der Waals surface area contributed by atoms with E-state index < -0.39 is 12.6 Å². The van der Waals surface area contributed by atoms with Crippen LogP contribution < -0.4 is 20.1 Å². The average molecular weight is 461 g/mol. The van der Waals surface area contributed by atoms with Gasteiger partial charge < -0.3 is 20.1 Å². The van der Waals surface area contributed by atoms with Gasteiger partial charge >= 0.3 is 6.18 Å². The van der Waals surface area contributed by atoms with E-state index in [9.17, 15) is 13.2 Å². The van der Waals surface area contributed by atoms with Gasteiger partial charge in [0.05, 0.1) is 26.6 Å². The second-order valence-corrected chi connectivity index (χ2v) is 4.58. The van der Waals surface area contributed by atoms with Crippen molar-refractivity contribution in [2.75, 3.05) is 33.4 Å². The Morgan fingerprint density at radius 2 is 1.92 bits per heavy atom. The zero-order chi connectivity index (χ0) is 17.1. The van der Waals surface area contributed by atoms with Crippen molar-refractivity contribution in [3.8, 4) is 11.5 Å². The summed E-state index contributed by atoms with van der Waals surface area (Å²) in [6.07, 6.45) is -5.14. The number of nitrogens with zero attached hydrogens (tertiary/aromatic N) is 1. The molecule has 0 aromatic heterocycles. The third-order valence-corrected chi connectivity index (χ3v) is 2.71. The molecule has 1 aromatic rings. The first-order chi connectivity index (χ1) is 10.9. The fraction of sp³-hybridized carbons (Fsp3) is 0.533. The van der Waals surface area contributed by atoms with Gasteiger partial charge in [0, 0.05) is 12.6 Å². The molecular weight excluding hydrogens is 438 g/mol. The van der Waals surface area contributed by atoms with Gasteiger partial charge in [-0.15, -0.1) is 24.0 Å². The SMILES string of the molecule is CCNC(=NCCC(F)(F)F)NCCOc1cccc(OC)c1.I. The number of aliphatic imine (C=N–C) groups is 1. The van der Waals surface area contributed by atoms with Gasteiger partial charge in [0.15, 0.2) is 5.96 Å². The van der Waals surface area contributed by atoms with E-state index in [1.54, 1.807) is 19.2 Å². The van der Waals surface area contributed by atoms with Crippen molar-refractivity contribution in [3.63, 3.8) is 0 Å². The minimum absolute atomic E-state index is 0. The van der Waals surface area contributed by atoms with Gasteiger partial charge in [0.25, 0.3) is 0 Å². The van der Waals surface area contributed by atoms with Gasteiger partial charge in [-0.25, -0.2) is 0 Å². The molecular formula is C15H23F3IN3O2. The van der Waals surface area contributed by atoms with Gasteiger partial charge in [-0.05, 0) is 19.1 Å². The first-order valence-electron chi connectivity index (χ1n) is 7.30. The average Bonchev–Trinajstić information content (AvgIpc) is 2.50. The van der Waals surface area contributed by atoms with E-state index in [1.807, 2.05) is 19.1 Å². The number of rotatable bonds is 8. The van der Waals surface area contributed by atoms with Crippen LogP contribution in [0.25, 0.3) is 0 Å². The molecule has 0 saturated heterocycles. The van der Waals surface area contributed by atoms with Gasteiger partial charge in [0.2, 0.25) is 0 Å². The minimum Gasteiger partial charge on any atom is -0.497 e. The van der Waals surface area contributed by atoms with Crippen LogP contribution in [0, 0.1) is 0 Å². The summed E-state index contributed by atoms with van der Waals surface area (Å²) < 4.78 is 46.9. The number of methoxy groups -OCH3 is 1. The predicted molar refractivity (Wildman–Crippen MR) is 98.6 cm³/mol. The van der Waals surface area contributed by atoms with Crippen molar-refractivity contribution in [2.24, 2.45) is 4.99 Å². The zero-order valence-electron chi connectivity index (χ0n) is 13.7. The lowest BCUT2D eigenvalue weighted by Gasteiger charge is -2.12. The molecule has 0 saturated carbocycles. The molecule has 0 aliphatic carbocycles. The maximum Gasteiger partial charge on any atom is 0.390 e. The molecule has 0 aliphatic heterocycles. The Balaban J connectivity index is 0.00000529. The lowest BCUT2D eigenvalue weighted by Crippen LogP contribution is -2.39. The summed E-state index contributed by atoms with van der Waals surface area (Å²) >= 11 is 0. The summed E-state index contributed by atoms with van der Waals surface area (Å²) in [5.74, 6) is 1.69. The predicted octanol–water partition coefficient (Wildman–Crippen LogP) is 3.20. The van der Waals surface area contributed by atoms with Crippen molar-refractivity contribution in [1.29, 1.82) is 0 Å². The molecule has 0 bridgehead atoms. The van der Waals surface area contributed by atoms with E-state index in [-0.39, 0.29) is 30.5 Å². The van der Waals surface area contributed by atoms with Crippen molar-refractivity contribution in [3.05, 3.63) is 24.3 Å². The Hall–Kier alpha value is -1.39. The second-order valence-electron chi connectivity index (χ2n) is 4.58. The number of hydrogen-bond donors (Lipinski definition) is 2. The topological polar surface area (TPSA) is 54.9 Å². The second kappa shape index (κ2) is 12.0. The Morgan fingerprint density at radius 3 is 2.54 bits per heavy atom. The van der Waals surface area contributed by atoms with Crippen LogP contribution in [0.4, 0.5) is 13.2 Å². The fourth-order valence-electron chi connectivity index (χ4n) is 1.67. The van der Waals surface area contributed by atoms with Crippen LogP contribution >= 0.6 is 24.0 Å². The van der Waals surface area contributed by atoms with Crippen LogP contribution in [0.1, 0.15) is 13.3 Å². The number of benzene rings is 1. The molecule has 1 aromatic carbocycles. The summed E-state index contributed by atoms with van der Waals surface area (Å²) in [6.45, 7) is 2.85. The molecule has 0 heterocycles. The number of guanidine groups is 1. The Morgan fingerprint density at radius 1 is 1.21 bits per heavy atom. The van der Waals surface area contributed by atoms with Crippen LogP contribution in [0.15, 0.2) is 29.3 Å². The highest BCUT2D eigenvalue weighted by Gasteiger charge is 2.26. The molecule has 1 rings (SSSR count). The van der Waals surface area contributed by atoms with Crippen LogP contribution in [-0.2, 0) is 0 Å². The normalized spacial score (nSPS) is 11.5. The maximum absolute atomic E-state index is 12.1. The first kappa shape index (κ1) is 22.6. The smallest absolute Gasteiger partial charge is 0.390 e. The van der Waals surface area contributed by atoms with E-state index >= 15 is 0 Å². The number of hydrogen-bond acceptors (Lipinski definition) is 3. The first-order valence-corrected chi connectivity index (χ1v) is 7.30. The molecule has 2 N–H and O–H groups in total. The highest BCUT2D eigenvalue weighted by Crippen LogP contribution is 2.19. The largest absolute Gasteiger partial charge is 0.497 e. The molecule has 0 aliphatic rings.